The van der Waals surface area contributed by atoms with Crippen LogP contribution < -0.4 is 9.62 Å². The van der Waals surface area contributed by atoms with E-state index in [1.54, 1.807) is 0 Å². The Morgan fingerprint density at radius 3 is 2.05 bits per heavy atom. The van der Waals surface area contributed by atoms with Gasteiger partial charge in [0.1, 0.15) is 18.4 Å². The summed E-state index contributed by atoms with van der Waals surface area (Å²) in [6.45, 7) is 4.93. The molecule has 1 N–H and O–H groups in total. The van der Waals surface area contributed by atoms with Gasteiger partial charge in [0.2, 0.25) is 21.8 Å². The zero-order chi connectivity index (χ0) is 28.8. The van der Waals surface area contributed by atoms with Gasteiger partial charge in [0.25, 0.3) is 0 Å². The van der Waals surface area contributed by atoms with Crippen molar-refractivity contribution in [3.8, 4) is 0 Å². The molecule has 0 spiro atoms. The van der Waals surface area contributed by atoms with E-state index in [9.17, 15) is 22.4 Å². The van der Waals surface area contributed by atoms with Crippen molar-refractivity contribution in [1.82, 2.24) is 10.2 Å². The summed E-state index contributed by atoms with van der Waals surface area (Å²) in [7, 11) is -3.88. The molecule has 3 aromatic carbocycles. The number of nitrogens with one attached hydrogen (secondary N) is 1. The molecule has 0 aliphatic rings. The fraction of sp³-hybridized carbons (Fsp3) is 0.310. The highest BCUT2D eigenvalue weighted by molar-refractivity contribution is 7.92. The van der Waals surface area contributed by atoms with Gasteiger partial charge >= 0.3 is 0 Å². The number of amides is 2. The topological polar surface area (TPSA) is 86.8 Å². The van der Waals surface area contributed by atoms with Crippen LogP contribution in [-0.2, 0) is 32.6 Å². The van der Waals surface area contributed by atoms with Gasteiger partial charge < -0.3 is 10.2 Å². The van der Waals surface area contributed by atoms with E-state index in [0.717, 1.165) is 16.1 Å². The lowest BCUT2D eigenvalue weighted by molar-refractivity contribution is -0.140. The van der Waals surface area contributed by atoms with E-state index in [-0.39, 0.29) is 24.6 Å². The second kappa shape index (κ2) is 12.6. The van der Waals surface area contributed by atoms with E-state index < -0.39 is 39.9 Å². The minimum Gasteiger partial charge on any atom is -0.350 e. The Balaban J connectivity index is 2.06. The summed E-state index contributed by atoms with van der Waals surface area (Å²) in [6.07, 6.45) is 1.20. The molecule has 0 radical (unpaired) electrons. The number of carbonyl (C=O) groups excluding carboxylic acids is 2. The van der Waals surface area contributed by atoms with E-state index in [2.05, 4.69) is 5.32 Å². The maximum Gasteiger partial charge on any atom is 0.244 e. The molecule has 3 aromatic rings. The number of benzene rings is 3. The van der Waals surface area contributed by atoms with Crippen molar-refractivity contribution < 1.29 is 22.4 Å². The monoisotopic (exact) mass is 573 g/mol. The van der Waals surface area contributed by atoms with Crippen LogP contribution in [0, 0.1) is 5.82 Å². The molecule has 0 aromatic heterocycles. The number of hydrogen-bond acceptors (Lipinski definition) is 4. The predicted molar refractivity (Wildman–Crippen MR) is 152 cm³/mol. The lowest BCUT2D eigenvalue weighted by Crippen LogP contribution is -2.56. The zero-order valence-electron chi connectivity index (χ0n) is 22.4. The number of anilines is 1. The molecular formula is C29H33ClFN3O4S. The first kappa shape index (κ1) is 30.1. The van der Waals surface area contributed by atoms with Gasteiger partial charge in [0.05, 0.1) is 11.9 Å². The molecule has 0 aliphatic carbocycles. The smallest absolute Gasteiger partial charge is 0.244 e. The highest BCUT2D eigenvalue weighted by Gasteiger charge is 2.34. The number of carbonyl (C=O) groups is 2. The standard InChI is InChI=1S/C29H33ClFN3O4S/c1-29(2,3)32-28(36)26(18-21-8-6-5-7-9-21)33(19-22-10-14-24(31)15-11-22)27(35)20-34(39(4,37)38)25-16-12-23(30)13-17-25/h5-17,26H,18-20H2,1-4H3,(H,32,36)/t26-/m0/s1. The van der Waals surface area contributed by atoms with Crippen molar-refractivity contribution in [3.05, 3.63) is 101 Å². The van der Waals surface area contributed by atoms with Crippen LogP contribution in [0.1, 0.15) is 31.9 Å². The van der Waals surface area contributed by atoms with Crippen molar-refractivity contribution in [2.24, 2.45) is 0 Å². The van der Waals surface area contributed by atoms with Crippen LogP contribution in [0.25, 0.3) is 0 Å². The first-order chi connectivity index (χ1) is 18.2. The van der Waals surface area contributed by atoms with Crippen molar-refractivity contribution in [2.45, 2.75) is 45.3 Å². The molecule has 2 amide bonds. The third-order valence-electron chi connectivity index (χ3n) is 5.83. The van der Waals surface area contributed by atoms with Crippen molar-refractivity contribution >= 4 is 39.1 Å². The van der Waals surface area contributed by atoms with Gasteiger partial charge in [-0.2, -0.15) is 0 Å². The summed E-state index contributed by atoms with van der Waals surface area (Å²) >= 11 is 5.98. The van der Waals surface area contributed by atoms with Crippen LogP contribution in [-0.4, -0.2) is 49.5 Å². The van der Waals surface area contributed by atoms with Gasteiger partial charge in [0.15, 0.2) is 0 Å². The number of rotatable bonds is 10. The number of halogens is 2. The molecule has 208 valence electrons. The maximum atomic E-state index is 14.0. The molecular weight excluding hydrogens is 541 g/mol. The first-order valence-corrected chi connectivity index (χ1v) is 14.6. The summed E-state index contributed by atoms with van der Waals surface area (Å²) in [5.41, 5.74) is 1.08. The third-order valence-corrected chi connectivity index (χ3v) is 7.22. The van der Waals surface area contributed by atoms with E-state index >= 15 is 0 Å². The molecule has 0 saturated heterocycles. The molecule has 39 heavy (non-hydrogen) atoms. The molecule has 0 bridgehead atoms. The summed E-state index contributed by atoms with van der Waals surface area (Å²) in [5.74, 6) is -1.42. The van der Waals surface area contributed by atoms with Gasteiger partial charge in [-0.15, -0.1) is 0 Å². The second-order valence-corrected chi connectivity index (χ2v) is 12.7. The average molecular weight is 574 g/mol. The summed E-state index contributed by atoms with van der Waals surface area (Å²) in [6, 6.07) is 20.0. The van der Waals surface area contributed by atoms with E-state index in [1.165, 1.54) is 53.4 Å². The van der Waals surface area contributed by atoms with E-state index in [0.29, 0.717) is 10.6 Å². The molecule has 1 atom stereocenters. The third kappa shape index (κ3) is 9.07. The van der Waals surface area contributed by atoms with Crippen LogP contribution in [0.4, 0.5) is 10.1 Å². The fourth-order valence-electron chi connectivity index (χ4n) is 4.01. The van der Waals surface area contributed by atoms with Crippen LogP contribution in [0.15, 0.2) is 78.9 Å². The fourth-order valence-corrected chi connectivity index (χ4v) is 4.99. The van der Waals surface area contributed by atoms with Gasteiger partial charge in [-0.25, -0.2) is 12.8 Å². The largest absolute Gasteiger partial charge is 0.350 e. The molecule has 10 heteroatoms. The molecule has 0 heterocycles. The van der Waals surface area contributed by atoms with E-state index in [4.69, 9.17) is 11.6 Å². The van der Waals surface area contributed by atoms with Crippen molar-refractivity contribution in [1.29, 1.82) is 0 Å². The van der Waals surface area contributed by atoms with Gasteiger partial charge in [-0.05, 0) is 68.3 Å². The van der Waals surface area contributed by atoms with Gasteiger partial charge in [0, 0.05) is 23.5 Å². The number of sulfonamides is 1. The highest BCUT2D eigenvalue weighted by atomic mass is 35.5. The van der Waals surface area contributed by atoms with Crippen LogP contribution in [0.5, 0.6) is 0 Å². The molecule has 0 unspecified atom stereocenters. The molecule has 0 fully saturated rings. The minimum absolute atomic E-state index is 0.0353. The molecule has 3 rings (SSSR count). The lowest BCUT2D eigenvalue weighted by atomic mass is 10.0. The number of nitrogens with zero attached hydrogens (tertiary/aromatic N) is 2. The van der Waals surface area contributed by atoms with Crippen LogP contribution in [0.2, 0.25) is 5.02 Å². The summed E-state index contributed by atoms with van der Waals surface area (Å²) in [4.78, 5) is 28.9. The maximum absolute atomic E-state index is 14.0. The normalized spacial score (nSPS) is 12.5. The predicted octanol–water partition coefficient (Wildman–Crippen LogP) is 4.80. The van der Waals surface area contributed by atoms with Crippen molar-refractivity contribution in [3.63, 3.8) is 0 Å². The second-order valence-electron chi connectivity index (χ2n) is 10.3. The van der Waals surface area contributed by atoms with Gasteiger partial charge in [-0.3, -0.25) is 13.9 Å². The number of hydrogen-bond donors (Lipinski definition) is 1. The Morgan fingerprint density at radius 2 is 1.51 bits per heavy atom. The zero-order valence-corrected chi connectivity index (χ0v) is 24.0. The van der Waals surface area contributed by atoms with Crippen LogP contribution >= 0.6 is 11.6 Å². The van der Waals surface area contributed by atoms with Crippen LogP contribution in [0.3, 0.4) is 0 Å². The Morgan fingerprint density at radius 1 is 0.923 bits per heavy atom. The first-order valence-electron chi connectivity index (χ1n) is 12.4. The lowest BCUT2D eigenvalue weighted by Gasteiger charge is -2.35. The van der Waals surface area contributed by atoms with Gasteiger partial charge in [-0.1, -0.05) is 54.1 Å². The Hall–Kier alpha value is -3.43. The van der Waals surface area contributed by atoms with E-state index in [1.807, 2.05) is 51.1 Å². The summed E-state index contributed by atoms with van der Waals surface area (Å²) in [5, 5.41) is 3.37. The molecule has 7 nitrogen and oxygen atoms in total. The van der Waals surface area contributed by atoms with Crippen molar-refractivity contribution in [2.75, 3.05) is 17.1 Å². The SMILES string of the molecule is CC(C)(C)NC(=O)[C@H](Cc1ccccc1)N(Cc1ccc(F)cc1)C(=O)CN(c1ccc(Cl)cc1)S(C)(=O)=O. The Bertz CT molecular complexity index is 1380. The molecule has 0 aliphatic heterocycles. The summed E-state index contributed by atoms with van der Waals surface area (Å²) < 4.78 is 40.1. The molecule has 0 saturated carbocycles. The Kier molecular flexibility index (Phi) is 9.74. The highest BCUT2D eigenvalue weighted by Crippen LogP contribution is 2.22. The average Bonchev–Trinajstić information content (AvgIpc) is 2.85. The quantitative estimate of drug-likeness (QED) is 0.377. The minimum atomic E-state index is -3.88. The Labute approximate surface area is 234 Å².